The van der Waals surface area contributed by atoms with E-state index in [1.807, 2.05) is 0 Å². The molecule has 0 aromatic rings. The molecule has 0 saturated carbocycles. The van der Waals surface area contributed by atoms with Crippen molar-refractivity contribution in [2.24, 2.45) is 5.73 Å². The molecule has 0 aliphatic heterocycles. The Balaban J connectivity index is 2.86. The number of ether oxygens (including phenoxy) is 1. The summed E-state index contributed by atoms with van der Waals surface area (Å²) in [5.74, 6) is -0.626. The highest BCUT2D eigenvalue weighted by atomic mass is 16.5. The first kappa shape index (κ1) is 7.94. The van der Waals surface area contributed by atoms with Gasteiger partial charge in [-0.3, -0.25) is 9.59 Å². The number of methoxy groups -OCH3 is 1. The Labute approximate surface area is 64.0 Å². The topological polar surface area (TPSA) is 69.4 Å². The molecule has 11 heavy (non-hydrogen) atoms. The summed E-state index contributed by atoms with van der Waals surface area (Å²) in [5.41, 5.74) is 5.61. The molecule has 1 aliphatic carbocycles. The van der Waals surface area contributed by atoms with Crippen LogP contribution >= 0.6 is 0 Å². The van der Waals surface area contributed by atoms with Gasteiger partial charge in [0.05, 0.1) is 0 Å². The minimum atomic E-state index is -0.928. The number of nitrogens with two attached hydrogens (primary N) is 1. The van der Waals surface area contributed by atoms with Gasteiger partial charge < -0.3 is 10.5 Å². The summed E-state index contributed by atoms with van der Waals surface area (Å²) in [6.07, 6.45) is 0.432. The number of allylic oxidation sites excluding steroid dienone is 1. The number of Topliss-reactive ketones (excluding diaryl/α,β-unsaturated/α-hetero) is 1. The molecule has 1 atom stereocenters. The molecule has 0 fully saturated rings. The third kappa shape index (κ3) is 1.46. The highest BCUT2D eigenvalue weighted by Crippen LogP contribution is 2.10. The van der Waals surface area contributed by atoms with Crippen LogP contribution < -0.4 is 5.73 Å². The van der Waals surface area contributed by atoms with Crippen LogP contribution in [0.5, 0.6) is 0 Å². The maximum Gasteiger partial charge on any atom is 0.193 e. The molecule has 60 valence electrons. The van der Waals surface area contributed by atoms with E-state index < -0.39 is 6.10 Å². The zero-order valence-corrected chi connectivity index (χ0v) is 6.16. The second kappa shape index (κ2) is 2.84. The number of carbonyl (C=O) groups excluding carboxylic acids is 2. The minimum absolute atomic E-state index is 0.115. The molecule has 4 nitrogen and oxygen atoms in total. The first-order chi connectivity index (χ1) is 5.15. The fourth-order valence-corrected chi connectivity index (χ4v) is 1.01. The molecule has 1 aliphatic rings. The standard InChI is InChI=1S/C7H9NO3/c1-11-7-5(9)2-4(8)3-6(7)10/h2,7H,3,8H2,1H3. The SMILES string of the molecule is COC1C(=O)C=C(N)CC1=O. The Morgan fingerprint density at radius 3 is 2.73 bits per heavy atom. The third-order valence-electron chi connectivity index (χ3n) is 1.49. The number of carbonyl (C=O) groups is 2. The molecule has 0 amide bonds. The Morgan fingerprint density at radius 1 is 1.64 bits per heavy atom. The molecule has 0 spiro atoms. The predicted molar refractivity (Wildman–Crippen MR) is 37.7 cm³/mol. The predicted octanol–water partition coefficient (Wildman–Crippen LogP) is -0.614. The first-order valence-electron chi connectivity index (χ1n) is 3.20. The molecular weight excluding hydrogens is 146 g/mol. The van der Waals surface area contributed by atoms with Gasteiger partial charge in [-0.05, 0) is 0 Å². The van der Waals surface area contributed by atoms with Crippen LogP contribution in [0.15, 0.2) is 11.8 Å². The van der Waals surface area contributed by atoms with Gasteiger partial charge in [-0.25, -0.2) is 0 Å². The molecule has 0 aromatic carbocycles. The number of rotatable bonds is 1. The second-order valence-electron chi connectivity index (χ2n) is 2.38. The van der Waals surface area contributed by atoms with Gasteiger partial charge in [-0.2, -0.15) is 0 Å². The summed E-state index contributed by atoms with van der Waals surface area (Å²) in [6, 6.07) is 0. The van der Waals surface area contributed by atoms with Gasteiger partial charge >= 0.3 is 0 Å². The van der Waals surface area contributed by atoms with Crippen LogP contribution in [-0.2, 0) is 14.3 Å². The summed E-state index contributed by atoms with van der Waals surface area (Å²) in [4.78, 5) is 21.9. The lowest BCUT2D eigenvalue weighted by molar-refractivity contribution is -0.138. The van der Waals surface area contributed by atoms with E-state index in [0.717, 1.165) is 0 Å². The fourth-order valence-electron chi connectivity index (χ4n) is 1.01. The molecule has 0 saturated heterocycles. The monoisotopic (exact) mass is 155 g/mol. The van der Waals surface area contributed by atoms with Gasteiger partial charge in [0, 0.05) is 25.3 Å². The number of hydrogen-bond donors (Lipinski definition) is 1. The number of ketones is 2. The van der Waals surface area contributed by atoms with Gasteiger partial charge in [-0.15, -0.1) is 0 Å². The molecule has 0 bridgehead atoms. The van der Waals surface area contributed by atoms with E-state index in [1.54, 1.807) is 0 Å². The molecule has 0 heterocycles. The Hall–Kier alpha value is -1.16. The summed E-state index contributed by atoms with van der Waals surface area (Å²) in [7, 11) is 1.33. The largest absolute Gasteiger partial charge is 0.402 e. The van der Waals surface area contributed by atoms with Crippen LogP contribution in [-0.4, -0.2) is 24.8 Å². The quantitative estimate of drug-likeness (QED) is 0.512. The molecule has 0 aromatic heterocycles. The smallest absolute Gasteiger partial charge is 0.193 e. The maximum absolute atomic E-state index is 11.0. The van der Waals surface area contributed by atoms with E-state index in [4.69, 9.17) is 5.73 Å². The van der Waals surface area contributed by atoms with Gasteiger partial charge in [0.1, 0.15) is 0 Å². The van der Waals surface area contributed by atoms with Gasteiger partial charge in [-0.1, -0.05) is 0 Å². The fraction of sp³-hybridized carbons (Fsp3) is 0.429. The van der Waals surface area contributed by atoms with Crippen molar-refractivity contribution in [3.8, 4) is 0 Å². The summed E-state index contributed by atoms with van der Waals surface area (Å²) < 4.78 is 4.66. The normalized spacial score (nSPS) is 25.2. The zero-order chi connectivity index (χ0) is 8.43. The van der Waals surface area contributed by atoms with Crippen LogP contribution in [0, 0.1) is 0 Å². The van der Waals surface area contributed by atoms with Crippen molar-refractivity contribution in [2.45, 2.75) is 12.5 Å². The van der Waals surface area contributed by atoms with E-state index in [1.165, 1.54) is 13.2 Å². The third-order valence-corrected chi connectivity index (χ3v) is 1.49. The first-order valence-corrected chi connectivity index (χ1v) is 3.20. The van der Waals surface area contributed by atoms with Crippen LogP contribution in [0.25, 0.3) is 0 Å². The highest BCUT2D eigenvalue weighted by molar-refractivity contribution is 6.13. The van der Waals surface area contributed by atoms with E-state index >= 15 is 0 Å². The van der Waals surface area contributed by atoms with Crippen molar-refractivity contribution in [1.29, 1.82) is 0 Å². The van der Waals surface area contributed by atoms with Crippen LogP contribution in [0.3, 0.4) is 0 Å². The Morgan fingerprint density at radius 2 is 2.27 bits per heavy atom. The molecule has 4 heteroatoms. The van der Waals surface area contributed by atoms with Crippen LogP contribution in [0.1, 0.15) is 6.42 Å². The zero-order valence-electron chi connectivity index (χ0n) is 6.16. The molecular formula is C7H9NO3. The summed E-state index contributed by atoms with van der Waals surface area (Å²) in [5, 5.41) is 0. The number of hydrogen-bond acceptors (Lipinski definition) is 4. The van der Waals surface area contributed by atoms with Crippen LogP contribution in [0.4, 0.5) is 0 Å². The lowest BCUT2D eigenvalue weighted by atomic mass is 9.99. The lowest BCUT2D eigenvalue weighted by Gasteiger charge is -2.15. The second-order valence-corrected chi connectivity index (χ2v) is 2.38. The van der Waals surface area contributed by atoms with E-state index in [0.29, 0.717) is 5.70 Å². The average Bonchev–Trinajstić information content (AvgIpc) is 1.85. The van der Waals surface area contributed by atoms with Crippen molar-refractivity contribution >= 4 is 11.6 Å². The maximum atomic E-state index is 11.0. The molecule has 1 rings (SSSR count). The Kier molecular flexibility index (Phi) is 2.05. The van der Waals surface area contributed by atoms with Crippen molar-refractivity contribution in [3.05, 3.63) is 11.8 Å². The Bertz CT molecular complexity index is 232. The molecule has 2 N–H and O–H groups in total. The van der Waals surface area contributed by atoms with Crippen molar-refractivity contribution < 1.29 is 14.3 Å². The molecule has 1 unspecified atom stereocenters. The van der Waals surface area contributed by atoms with Gasteiger partial charge in [0.25, 0.3) is 0 Å². The van der Waals surface area contributed by atoms with Gasteiger partial charge in [0.15, 0.2) is 17.7 Å². The summed E-state index contributed by atoms with van der Waals surface area (Å²) >= 11 is 0. The van der Waals surface area contributed by atoms with Crippen molar-refractivity contribution in [2.75, 3.05) is 7.11 Å². The van der Waals surface area contributed by atoms with Crippen molar-refractivity contribution in [1.82, 2.24) is 0 Å². The van der Waals surface area contributed by atoms with Gasteiger partial charge in [0.2, 0.25) is 0 Å². The lowest BCUT2D eigenvalue weighted by Crippen LogP contribution is -2.35. The highest BCUT2D eigenvalue weighted by Gasteiger charge is 2.28. The van der Waals surface area contributed by atoms with E-state index in [-0.39, 0.29) is 18.0 Å². The van der Waals surface area contributed by atoms with E-state index in [2.05, 4.69) is 4.74 Å². The summed E-state index contributed by atoms with van der Waals surface area (Å²) in [6.45, 7) is 0. The van der Waals surface area contributed by atoms with E-state index in [9.17, 15) is 9.59 Å². The minimum Gasteiger partial charge on any atom is -0.402 e. The van der Waals surface area contributed by atoms with Crippen molar-refractivity contribution in [3.63, 3.8) is 0 Å². The van der Waals surface area contributed by atoms with Crippen LogP contribution in [0.2, 0.25) is 0 Å². The molecule has 0 radical (unpaired) electrons. The average molecular weight is 155 g/mol.